The Bertz CT molecular complexity index is 955. The monoisotopic (exact) mass is 440 g/mol. The van der Waals surface area contributed by atoms with Crippen molar-refractivity contribution >= 4 is 17.9 Å². The van der Waals surface area contributed by atoms with Crippen molar-refractivity contribution in [2.75, 3.05) is 7.11 Å². The SMILES string of the molecule is COC(=O)[C@@H](OC(=O)c1ccccc1)[C@@]1(C)CC[C@@H](C(C)(C)OC(=O)c2ccccc2)O1. The molecule has 0 unspecified atom stereocenters. The Hall–Kier alpha value is -3.19. The minimum atomic E-state index is -1.27. The summed E-state index contributed by atoms with van der Waals surface area (Å²) < 4.78 is 22.4. The summed E-state index contributed by atoms with van der Waals surface area (Å²) in [6.07, 6.45) is -0.873. The normalized spacial score (nSPS) is 21.4. The molecule has 0 spiro atoms. The Balaban J connectivity index is 1.74. The van der Waals surface area contributed by atoms with Crippen LogP contribution in [-0.2, 0) is 23.7 Å². The lowest BCUT2D eigenvalue weighted by Crippen LogP contribution is -2.50. The van der Waals surface area contributed by atoms with Gasteiger partial charge in [-0.05, 0) is 57.9 Å². The van der Waals surface area contributed by atoms with E-state index in [1.807, 2.05) is 6.07 Å². The molecule has 0 N–H and O–H groups in total. The third kappa shape index (κ3) is 5.16. The standard InChI is InChI=1S/C25H28O7/c1-24(2,32-22(27)18-13-9-6-10-14-18)19-15-16-25(3,31-19)20(23(28)29-4)30-21(26)17-11-7-5-8-12-17/h5-14,19-20H,15-16H2,1-4H3/t19-,20+,25+/m0/s1. The van der Waals surface area contributed by atoms with Crippen molar-refractivity contribution in [3.05, 3.63) is 71.8 Å². The van der Waals surface area contributed by atoms with Crippen molar-refractivity contribution in [3.63, 3.8) is 0 Å². The first-order chi connectivity index (χ1) is 15.2. The average molecular weight is 440 g/mol. The van der Waals surface area contributed by atoms with Crippen molar-refractivity contribution < 1.29 is 33.3 Å². The molecule has 0 radical (unpaired) electrons. The van der Waals surface area contributed by atoms with E-state index in [-0.39, 0.29) is 0 Å². The summed E-state index contributed by atoms with van der Waals surface area (Å²) in [5.74, 6) is -1.83. The number of ether oxygens (including phenoxy) is 4. The summed E-state index contributed by atoms with van der Waals surface area (Å²) in [6, 6.07) is 17.1. The molecule has 0 amide bonds. The molecule has 7 nitrogen and oxygen atoms in total. The van der Waals surface area contributed by atoms with Crippen LogP contribution in [0.15, 0.2) is 60.7 Å². The summed E-state index contributed by atoms with van der Waals surface area (Å²) in [5, 5.41) is 0. The second kappa shape index (κ2) is 9.53. The maximum absolute atomic E-state index is 12.6. The maximum Gasteiger partial charge on any atom is 0.350 e. The van der Waals surface area contributed by atoms with E-state index in [2.05, 4.69) is 0 Å². The predicted octanol–water partition coefficient (Wildman–Crippen LogP) is 3.96. The number of benzene rings is 2. The van der Waals surface area contributed by atoms with Crippen LogP contribution in [0.25, 0.3) is 0 Å². The van der Waals surface area contributed by atoms with Gasteiger partial charge in [0.2, 0.25) is 6.10 Å². The first-order valence-electron chi connectivity index (χ1n) is 10.5. The Morgan fingerprint density at radius 1 is 0.969 bits per heavy atom. The molecule has 3 rings (SSSR count). The molecule has 2 aromatic carbocycles. The van der Waals surface area contributed by atoms with Crippen molar-refractivity contribution in [1.82, 2.24) is 0 Å². The fraction of sp³-hybridized carbons (Fsp3) is 0.400. The van der Waals surface area contributed by atoms with Crippen molar-refractivity contribution in [2.45, 2.75) is 57.0 Å². The Morgan fingerprint density at radius 3 is 2.03 bits per heavy atom. The topological polar surface area (TPSA) is 88.1 Å². The highest BCUT2D eigenvalue weighted by Crippen LogP contribution is 2.40. The van der Waals surface area contributed by atoms with Gasteiger partial charge in [-0.25, -0.2) is 14.4 Å². The van der Waals surface area contributed by atoms with Crippen molar-refractivity contribution in [2.24, 2.45) is 0 Å². The molecule has 2 aromatic rings. The van der Waals surface area contributed by atoms with E-state index in [4.69, 9.17) is 18.9 Å². The number of carbonyl (C=O) groups excluding carboxylic acids is 3. The molecule has 0 saturated carbocycles. The number of carbonyl (C=O) groups is 3. The number of rotatable bonds is 7. The van der Waals surface area contributed by atoms with Crippen LogP contribution in [0.4, 0.5) is 0 Å². The summed E-state index contributed by atoms with van der Waals surface area (Å²) in [7, 11) is 1.23. The number of esters is 3. The zero-order valence-corrected chi connectivity index (χ0v) is 18.7. The number of hydrogen-bond acceptors (Lipinski definition) is 7. The second-order valence-electron chi connectivity index (χ2n) is 8.49. The van der Waals surface area contributed by atoms with Crippen LogP contribution in [0.5, 0.6) is 0 Å². The molecule has 0 aromatic heterocycles. The molecule has 1 heterocycles. The van der Waals surface area contributed by atoms with Crippen LogP contribution in [0.1, 0.15) is 54.3 Å². The minimum Gasteiger partial charge on any atom is -0.466 e. The fourth-order valence-corrected chi connectivity index (χ4v) is 3.76. The van der Waals surface area contributed by atoms with Crippen molar-refractivity contribution in [1.29, 1.82) is 0 Å². The second-order valence-corrected chi connectivity index (χ2v) is 8.49. The lowest BCUT2D eigenvalue weighted by molar-refractivity contribution is -0.182. The summed E-state index contributed by atoms with van der Waals surface area (Å²) >= 11 is 0. The molecule has 170 valence electrons. The molecule has 7 heteroatoms. The van der Waals surface area contributed by atoms with Gasteiger partial charge in [0, 0.05) is 0 Å². The van der Waals surface area contributed by atoms with Gasteiger partial charge < -0.3 is 18.9 Å². The van der Waals surface area contributed by atoms with Gasteiger partial charge in [-0.15, -0.1) is 0 Å². The molecule has 1 aliphatic rings. The lowest BCUT2D eigenvalue weighted by Gasteiger charge is -2.35. The summed E-state index contributed by atoms with van der Waals surface area (Å²) in [5.41, 5.74) is -1.37. The van der Waals surface area contributed by atoms with E-state index >= 15 is 0 Å². The summed E-state index contributed by atoms with van der Waals surface area (Å²) in [4.78, 5) is 37.7. The van der Waals surface area contributed by atoms with Gasteiger partial charge in [-0.3, -0.25) is 0 Å². The van der Waals surface area contributed by atoms with Gasteiger partial charge in [0.05, 0.1) is 24.3 Å². The molecular weight excluding hydrogens is 412 g/mol. The number of methoxy groups -OCH3 is 1. The predicted molar refractivity (Wildman–Crippen MR) is 116 cm³/mol. The molecule has 0 aliphatic carbocycles. The quantitative estimate of drug-likeness (QED) is 0.476. The van der Waals surface area contributed by atoms with Crippen LogP contribution in [0.3, 0.4) is 0 Å². The van der Waals surface area contributed by atoms with E-state index in [9.17, 15) is 14.4 Å². The van der Waals surface area contributed by atoms with E-state index in [0.29, 0.717) is 24.0 Å². The molecule has 0 bridgehead atoms. The molecule has 1 aliphatic heterocycles. The molecule has 3 atom stereocenters. The van der Waals surface area contributed by atoms with Crippen LogP contribution < -0.4 is 0 Å². The highest BCUT2D eigenvalue weighted by molar-refractivity contribution is 5.91. The molecule has 1 saturated heterocycles. The van der Waals surface area contributed by atoms with Crippen LogP contribution in [-0.4, -0.2) is 48.4 Å². The van der Waals surface area contributed by atoms with Crippen molar-refractivity contribution in [3.8, 4) is 0 Å². The van der Waals surface area contributed by atoms with E-state index < -0.39 is 41.3 Å². The molecule has 32 heavy (non-hydrogen) atoms. The van der Waals surface area contributed by atoms with Crippen LogP contribution in [0, 0.1) is 0 Å². The Kier molecular flexibility index (Phi) is 6.99. The van der Waals surface area contributed by atoms with Gasteiger partial charge in [0.1, 0.15) is 11.2 Å². The van der Waals surface area contributed by atoms with Crippen LogP contribution >= 0.6 is 0 Å². The first kappa shape index (κ1) is 23.5. The number of hydrogen-bond donors (Lipinski definition) is 0. The average Bonchev–Trinajstić information content (AvgIpc) is 3.21. The Morgan fingerprint density at radius 2 is 1.50 bits per heavy atom. The fourth-order valence-electron chi connectivity index (χ4n) is 3.76. The lowest BCUT2D eigenvalue weighted by atomic mass is 9.93. The van der Waals surface area contributed by atoms with Gasteiger partial charge in [-0.1, -0.05) is 36.4 Å². The zero-order chi connectivity index (χ0) is 23.4. The van der Waals surface area contributed by atoms with E-state index in [1.165, 1.54) is 7.11 Å². The largest absolute Gasteiger partial charge is 0.466 e. The van der Waals surface area contributed by atoms with Crippen LogP contribution in [0.2, 0.25) is 0 Å². The smallest absolute Gasteiger partial charge is 0.350 e. The highest BCUT2D eigenvalue weighted by Gasteiger charge is 2.53. The maximum atomic E-state index is 12.6. The van der Waals surface area contributed by atoms with Gasteiger partial charge in [0.15, 0.2) is 0 Å². The van der Waals surface area contributed by atoms with Gasteiger partial charge >= 0.3 is 17.9 Å². The third-order valence-corrected chi connectivity index (χ3v) is 5.66. The first-order valence-corrected chi connectivity index (χ1v) is 10.5. The molecule has 1 fully saturated rings. The highest BCUT2D eigenvalue weighted by atomic mass is 16.6. The zero-order valence-electron chi connectivity index (χ0n) is 18.7. The van der Waals surface area contributed by atoms with E-state index in [1.54, 1.807) is 75.4 Å². The minimum absolute atomic E-state index is 0.316. The van der Waals surface area contributed by atoms with Gasteiger partial charge in [0.25, 0.3) is 0 Å². The van der Waals surface area contributed by atoms with E-state index in [0.717, 1.165) is 0 Å². The van der Waals surface area contributed by atoms with Gasteiger partial charge in [-0.2, -0.15) is 0 Å². The Labute approximate surface area is 187 Å². The summed E-state index contributed by atoms with van der Waals surface area (Å²) in [6.45, 7) is 5.21. The molecular formula is C25H28O7. The third-order valence-electron chi connectivity index (χ3n) is 5.66.